The van der Waals surface area contributed by atoms with E-state index in [1.807, 2.05) is 0 Å². The van der Waals surface area contributed by atoms with Gasteiger partial charge in [-0.05, 0) is 36.8 Å². The number of benzene rings is 2. The summed E-state index contributed by atoms with van der Waals surface area (Å²) in [7, 11) is 0. The van der Waals surface area contributed by atoms with Crippen LogP contribution in [0.15, 0.2) is 59.1 Å². The Bertz CT molecular complexity index is 688. The molecule has 0 aliphatic carbocycles. The number of ether oxygens (including phenoxy) is 1. The van der Waals surface area contributed by atoms with Crippen molar-refractivity contribution < 1.29 is 19.4 Å². The quantitative estimate of drug-likeness (QED) is 0.742. The summed E-state index contributed by atoms with van der Waals surface area (Å²) in [5, 5.41) is 13.1. The third kappa shape index (κ3) is 4.66. The molecule has 0 aliphatic rings. The number of nitrogens with one attached hydrogen (secondary N) is 1. The number of carbonyl (C=O) groups is 2. The molecule has 2 atom stereocenters. The zero-order valence-corrected chi connectivity index (χ0v) is 14.7. The van der Waals surface area contributed by atoms with Gasteiger partial charge in [0.05, 0.1) is 6.61 Å². The lowest BCUT2D eigenvalue weighted by atomic mass is 10.0. The van der Waals surface area contributed by atoms with E-state index in [-0.39, 0.29) is 6.61 Å². The van der Waals surface area contributed by atoms with E-state index in [1.54, 1.807) is 61.5 Å². The predicted octanol–water partition coefficient (Wildman–Crippen LogP) is 2.84. The lowest BCUT2D eigenvalue weighted by Gasteiger charge is -2.23. The molecule has 24 heavy (non-hydrogen) atoms. The Morgan fingerprint density at radius 3 is 2.33 bits per heavy atom. The molecule has 2 aromatic rings. The highest BCUT2D eigenvalue weighted by molar-refractivity contribution is 9.10. The van der Waals surface area contributed by atoms with Crippen LogP contribution < -0.4 is 5.32 Å². The van der Waals surface area contributed by atoms with Gasteiger partial charge in [-0.1, -0.05) is 46.3 Å². The number of aliphatic hydroxyl groups is 1. The normalized spacial score (nSPS) is 13.0. The molecule has 1 amide bonds. The fourth-order valence-electron chi connectivity index (χ4n) is 2.17. The summed E-state index contributed by atoms with van der Waals surface area (Å²) >= 11 is 3.30. The number of hydrogen-bond donors (Lipinski definition) is 2. The second-order valence-corrected chi connectivity index (χ2v) is 5.98. The van der Waals surface area contributed by atoms with Gasteiger partial charge in [-0.2, -0.15) is 0 Å². The van der Waals surface area contributed by atoms with Gasteiger partial charge in [-0.3, -0.25) is 4.79 Å². The summed E-state index contributed by atoms with van der Waals surface area (Å²) in [4.78, 5) is 24.5. The van der Waals surface area contributed by atoms with Crippen LogP contribution in [0.1, 0.15) is 28.9 Å². The first kappa shape index (κ1) is 18.2. The van der Waals surface area contributed by atoms with Crippen molar-refractivity contribution in [2.75, 3.05) is 6.61 Å². The average molecular weight is 392 g/mol. The maximum Gasteiger partial charge on any atom is 0.331 e. The molecule has 6 heteroatoms. The van der Waals surface area contributed by atoms with Crippen LogP contribution in [-0.4, -0.2) is 29.6 Å². The fraction of sp³-hybridized carbons (Fsp3) is 0.222. The van der Waals surface area contributed by atoms with Crippen LogP contribution in [0.5, 0.6) is 0 Å². The Kier molecular flexibility index (Phi) is 6.52. The van der Waals surface area contributed by atoms with Crippen LogP contribution in [0.25, 0.3) is 0 Å². The molecule has 0 aliphatic heterocycles. The zero-order valence-electron chi connectivity index (χ0n) is 13.1. The van der Waals surface area contributed by atoms with Crippen LogP contribution in [-0.2, 0) is 9.53 Å². The van der Waals surface area contributed by atoms with E-state index >= 15 is 0 Å². The molecule has 0 radical (unpaired) electrons. The van der Waals surface area contributed by atoms with E-state index in [4.69, 9.17) is 4.74 Å². The van der Waals surface area contributed by atoms with Crippen molar-refractivity contribution in [3.63, 3.8) is 0 Å². The van der Waals surface area contributed by atoms with E-state index in [2.05, 4.69) is 21.2 Å². The Morgan fingerprint density at radius 1 is 1.12 bits per heavy atom. The smallest absolute Gasteiger partial charge is 0.331 e. The molecular formula is C18H18BrNO4. The Morgan fingerprint density at radius 2 is 1.75 bits per heavy atom. The molecule has 0 aromatic heterocycles. The lowest BCUT2D eigenvalue weighted by Crippen LogP contribution is -2.46. The minimum atomic E-state index is -1.20. The number of rotatable bonds is 6. The molecule has 0 bridgehead atoms. The third-order valence-corrected chi connectivity index (χ3v) is 3.92. The van der Waals surface area contributed by atoms with Crippen LogP contribution in [0.4, 0.5) is 0 Å². The van der Waals surface area contributed by atoms with Gasteiger partial charge in [0.15, 0.2) is 6.04 Å². The number of esters is 1. The summed E-state index contributed by atoms with van der Waals surface area (Å²) in [5.41, 5.74) is 0.902. The second-order valence-electron chi connectivity index (χ2n) is 5.07. The van der Waals surface area contributed by atoms with Crippen molar-refractivity contribution in [2.45, 2.75) is 19.1 Å². The van der Waals surface area contributed by atoms with Crippen molar-refractivity contribution in [2.24, 2.45) is 0 Å². The molecule has 0 saturated carbocycles. The Balaban J connectivity index is 2.21. The van der Waals surface area contributed by atoms with Gasteiger partial charge >= 0.3 is 5.97 Å². The molecule has 126 valence electrons. The number of hydrogen-bond acceptors (Lipinski definition) is 4. The van der Waals surface area contributed by atoms with Gasteiger partial charge in [0.25, 0.3) is 5.91 Å². The summed E-state index contributed by atoms with van der Waals surface area (Å²) in [6.07, 6.45) is -1.20. The van der Waals surface area contributed by atoms with E-state index in [9.17, 15) is 14.7 Å². The SMILES string of the molecule is CCOC(=O)C(NC(=O)c1ccc(Br)cc1)C(O)c1ccccc1. The molecule has 2 unspecified atom stereocenters. The van der Waals surface area contributed by atoms with Gasteiger partial charge < -0.3 is 15.2 Å². The highest BCUT2D eigenvalue weighted by Crippen LogP contribution is 2.18. The number of amides is 1. The molecule has 2 aromatic carbocycles. The minimum Gasteiger partial charge on any atom is -0.464 e. The minimum absolute atomic E-state index is 0.158. The van der Waals surface area contributed by atoms with E-state index in [0.717, 1.165) is 4.47 Å². The Labute approximate surface area is 148 Å². The molecule has 0 heterocycles. The Hall–Kier alpha value is -2.18. The van der Waals surface area contributed by atoms with Crippen molar-refractivity contribution in [1.29, 1.82) is 0 Å². The predicted molar refractivity (Wildman–Crippen MR) is 93.4 cm³/mol. The summed E-state index contributed by atoms with van der Waals surface area (Å²) in [6, 6.07) is 14.2. The number of aliphatic hydroxyl groups excluding tert-OH is 1. The first-order valence-corrected chi connectivity index (χ1v) is 8.28. The fourth-order valence-corrected chi connectivity index (χ4v) is 2.43. The monoisotopic (exact) mass is 391 g/mol. The first-order chi connectivity index (χ1) is 11.5. The third-order valence-electron chi connectivity index (χ3n) is 3.39. The maximum absolute atomic E-state index is 12.4. The van der Waals surface area contributed by atoms with E-state index < -0.39 is 24.0 Å². The van der Waals surface area contributed by atoms with Gasteiger partial charge in [0.2, 0.25) is 0 Å². The van der Waals surface area contributed by atoms with Crippen molar-refractivity contribution in [3.05, 3.63) is 70.2 Å². The van der Waals surface area contributed by atoms with Crippen LogP contribution >= 0.6 is 15.9 Å². The molecule has 2 N–H and O–H groups in total. The molecule has 0 fully saturated rings. The molecule has 2 rings (SSSR count). The summed E-state index contributed by atoms with van der Waals surface area (Å²) < 4.78 is 5.82. The van der Waals surface area contributed by atoms with Crippen LogP contribution in [0, 0.1) is 0 Å². The first-order valence-electron chi connectivity index (χ1n) is 7.49. The van der Waals surface area contributed by atoms with Crippen LogP contribution in [0.3, 0.4) is 0 Å². The number of carbonyl (C=O) groups excluding carboxylic acids is 2. The summed E-state index contributed by atoms with van der Waals surface area (Å²) in [5.74, 6) is -1.14. The average Bonchev–Trinajstić information content (AvgIpc) is 2.60. The van der Waals surface area contributed by atoms with Gasteiger partial charge in [-0.25, -0.2) is 4.79 Å². The second kappa shape index (κ2) is 8.61. The standard InChI is InChI=1S/C18H18BrNO4/c1-2-24-18(23)15(16(21)12-6-4-3-5-7-12)20-17(22)13-8-10-14(19)11-9-13/h3-11,15-16,21H,2H2,1H3,(H,20,22). The molecule has 0 spiro atoms. The van der Waals surface area contributed by atoms with Gasteiger partial charge in [0, 0.05) is 10.0 Å². The van der Waals surface area contributed by atoms with E-state index in [0.29, 0.717) is 11.1 Å². The highest BCUT2D eigenvalue weighted by atomic mass is 79.9. The largest absolute Gasteiger partial charge is 0.464 e. The van der Waals surface area contributed by atoms with Gasteiger partial charge in [-0.15, -0.1) is 0 Å². The van der Waals surface area contributed by atoms with Crippen molar-refractivity contribution in [1.82, 2.24) is 5.32 Å². The topological polar surface area (TPSA) is 75.6 Å². The lowest BCUT2D eigenvalue weighted by molar-refractivity contribution is -0.148. The molecule has 5 nitrogen and oxygen atoms in total. The molecule has 0 saturated heterocycles. The van der Waals surface area contributed by atoms with E-state index in [1.165, 1.54) is 0 Å². The van der Waals surface area contributed by atoms with Crippen molar-refractivity contribution in [3.8, 4) is 0 Å². The molecular weight excluding hydrogens is 374 g/mol. The maximum atomic E-state index is 12.4. The number of halogens is 1. The summed E-state index contributed by atoms with van der Waals surface area (Å²) in [6.45, 7) is 1.82. The van der Waals surface area contributed by atoms with Crippen LogP contribution in [0.2, 0.25) is 0 Å². The van der Waals surface area contributed by atoms with Gasteiger partial charge in [0.1, 0.15) is 6.10 Å². The zero-order chi connectivity index (χ0) is 17.5. The van der Waals surface area contributed by atoms with Crippen molar-refractivity contribution >= 4 is 27.8 Å². The highest BCUT2D eigenvalue weighted by Gasteiger charge is 2.31.